The zero-order valence-corrected chi connectivity index (χ0v) is 12.5. The molecule has 0 N–H and O–H groups in total. The van der Waals surface area contributed by atoms with Crippen molar-refractivity contribution in [2.45, 2.75) is 19.9 Å². The van der Waals surface area contributed by atoms with Crippen LogP contribution in [0.4, 0.5) is 4.39 Å². The van der Waals surface area contributed by atoms with Gasteiger partial charge in [-0.25, -0.2) is 9.37 Å². The molecule has 1 aromatic carbocycles. The zero-order chi connectivity index (χ0) is 15.9. The topological polar surface area (TPSA) is 55.2 Å². The summed E-state index contributed by atoms with van der Waals surface area (Å²) in [5.74, 6) is -0.890. The van der Waals surface area contributed by atoms with Crippen molar-refractivity contribution in [1.82, 2.24) is 14.5 Å². The average Bonchev–Trinajstić information content (AvgIpc) is 2.50. The summed E-state index contributed by atoms with van der Waals surface area (Å²) < 4.78 is 15.4. The summed E-state index contributed by atoms with van der Waals surface area (Å²) >= 11 is 0. The second-order valence-corrected chi connectivity index (χ2v) is 5.55. The molecule has 3 rings (SSSR count). The normalized spacial score (nSPS) is 13.9. The summed E-state index contributed by atoms with van der Waals surface area (Å²) in [4.78, 5) is 30.2. The van der Waals surface area contributed by atoms with Crippen molar-refractivity contribution in [1.29, 1.82) is 0 Å². The molecule has 0 spiro atoms. The molecule has 1 aliphatic heterocycles. The molecule has 0 saturated heterocycles. The predicted molar refractivity (Wildman–Crippen MR) is 79.1 cm³/mol. The highest BCUT2D eigenvalue weighted by molar-refractivity contribution is 5.94. The Morgan fingerprint density at radius 3 is 2.86 bits per heavy atom. The number of aryl methyl sites for hydroxylation is 2. The van der Waals surface area contributed by atoms with Crippen LogP contribution in [0.15, 0.2) is 29.3 Å². The number of carbonyl (C=O) groups excluding carboxylic acids is 1. The van der Waals surface area contributed by atoms with Crippen LogP contribution in [-0.2, 0) is 20.0 Å². The zero-order valence-electron chi connectivity index (χ0n) is 12.5. The van der Waals surface area contributed by atoms with E-state index < -0.39 is 5.82 Å². The van der Waals surface area contributed by atoms with Crippen LogP contribution >= 0.6 is 0 Å². The van der Waals surface area contributed by atoms with E-state index in [2.05, 4.69) is 4.98 Å². The minimum absolute atomic E-state index is 0.0536. The highest BCUT2D eigenvalue weighted by Crippen LogP contribution is 2.18. The first kappa shape index (κ1) is 14.4. The van der Waals surface area contributed by atoms with Gasteiger partial charge in [-0.1, -0.05) is 6.07 Å². The van der Waals surface area contributed by atoms with Crippen LogP contribution in [0.5, 0.6) is 0 Å². The predicted octanol–water partition coefficient (Wildman–Crippen LogP) is 1.43. The van der Waals surface area contributed by atoms with Crippen molar-refractivity contribution in [2.24, 2.45) is 7.05 Å². The first-order valence-corrected chi connectivity index (χ1v) is 7.06. The second-order valence-electron chi connectivity index (χ2n) is 5.55. The molecule has 0 saturated carbocycles. The molecule has 1 amide bonds. The molecular weight excluding hydrogens is 285 g/mol. The van der Waals surface area contributed by atoms with Gasteiger partial charge in [0.25, 0.3) is 11.5 Å². The molecule has 0 unspecified atom stereocenters. The number of aromatic nitrogens is 2. The lowest BCUT2D eigenvalue weighted by molar-refractivity contribution is 0.0726. The fourth-order valence-electron chi connectivity index (χ4n) is 2.65. The van der Waals surface area contributed by atoms with E-state index in [9.17, 15) is 14.0 Å². The van der Waals surface area contributed by atoms with Gasteiger partial charge < -0.3 is 9.47 Å². The van der Waals surface area contributed by atoms with Gasteiger partial charge >= 0.3 is 0 Å². The maximum absolute atomic E-state index is 14.0. The van der Waals surface area contributed by atoms with E-state index in [0.717, 1.165) is 5.56 Å². The molecule has 0 fully saturated rings. The lowest BCUT2D eigenvalue weighted by Crippen LogP contribution is -2.40. The van der Waals surface area contributed by atoms with Gasteiger partial charge in [0, 0.05) is 19.2 Å². The average molecular weight is 301 g/mol. The van der Waals surface area contributed by atoms with Crippen LogP contribution in [-0.4, -0.2) is 26.9 Å². The van der Waals surface area contributed by atoms with Crippen molar-refractivity contribution < 1.29 is 9.18 Å². The first-order chi connectivity index (χ1) is 10.5. The molecule has 5 nitrogen and oxygen atoms in total. The van der Waals surface area contributed by atoms with E-state index in [1.165, 1.54) is 27.9 Å². The van der Waals surface area contributed by atoms with E-state index >= 15 is 0 Å². The molecule has 2 aromatic rings. The Labute approximate surface area is 127 Å². The van der Waals surface area contributed by atoms with Crippen LogP contribution in [0.3, 0.4) is 0 Å². The molecule has 0 aliphatic carbocycles. The molecule has 6 heteroatoms. The van der Waals surface area contributed by atoms with E-state index in [1.54, 1.807) is 20.0 Å². The fourth-order valence-corrected chi connectivity index (χ4v) is 2.65. The third-order valence-electron chi connectivity index (χ3n) is 3.93. The van der Waals surface area contributed by atoms with Crippen molar-refractivity contribution in [3.05, 3.63) is 63.1 Å². The first-order valence-electron chi connectivity index (χ1n) is 7.06. The largest absolute Gasteiger partial charge is 0.332 e. The molecule has 22 heavy (non-hydrogen) atoms. The Morgan fingerprint density at radius 2 is 2.14 bits per heavy atom. The van der Waals surface area contributed by atoms with Crippen LogP contribution < -0.4 is 5.56 Å². The highest BCUT2D eigenvalue weighted by atomic mass is 19.1. The number of amides is 1. The maximum atomic E-state index is 14.0. The van der Waals surface area contributed by atoms with Gasteiger partial charge in [-0.05, 0) is 31.0 Å². The van der Waals surface area contributed by atoms with Gasteiger partial charge in [0.2, 0.25) is 0 Å². The number of rotatable bonds is 1. The standard InChI is InChI=1S/C16H16FN3O2/c1-10-3-4-11(13(17)7-10)16(22)20-6-5-12-14(8-20)18-9-19(2)15(12)21/h3-4,7,9H,5-6,8H2,1-2H3. The van der Waals surface area contributed by atoms with Crippen molar-refractivity contribution in [3.8, 4) is 0 Å². The highest BCUT2D eigenvalue weighted by Gasteiger charge is 2.26. The number of carbonyl (C=O) groups is 1. The van der Waals surface area contributed by atoms with Gasteiger partial charge in [-0.2, -0.15) is 0 Å². The molecule has 114 valence electrons. The third-order valence-corrected chi connectivity index (χ3v) is 3.93. The van der Waals surface area contributed by atoms with Gasteiger partial charge in [0.15, 0.2) is 0 Å². The Bertz CT molecular complexity index is 814. The number of hydrogen-bond acceptors (Lipinski definition) is 3. The van der Waals surface area contributed by atoms with Crippen LogP contribution in [0, 0.1) is 12.7 Å². The molecule has 1 aliphatic rings. The monoisotopic (exact) mass is 301 g/mol. The van der Waals surface area contributed by atoms with Crippen LogP contribution in [0.1, 0.15) is 27.2 Å². The van der Waals surface area contributed by atoms with Gasteiger partial charge in [0.1, 0.15) is 5.82 Å². The van der Waals surface area contributed by atoms with Crippen molar-refractivity contribution in [3.63, 3.8) is 0 Å². The van der Waals surface area contributed by atoms with Gasteiger partial charge in [-0.15, -0.1) is 0 Å². The van der Waals surface area contributed by atoms with E-state index in [4.69, 9.17) is 0 Å². The maximum Gasteiger partial charge on any atom is 0.257 e. The number of fused-ring (bicyclic) bond motifs is 1. The summed E-state index contributed by atoms with van der Waals surface area (Å²) in [5.41, 5.74) is 1.97. The minimum atomic E-state index is -0.521. The molecule has 1 aromatic heterocycles. The van der Waals surface area contributed by atoms with Crippen molar-refractivity contribution >= 4 is 5.91 Å². The molecule has 2 heterocycles. The summed E-state index contributed by atoms with van der Waals surface area (Å²) in [6.45, 7) is 2.39. The summed E-state index contributed by atoms with van der Waals surface area (Å²) in [7, 11) is 1.65. The molecule has 0 atom stereocenters. The smallest absolute Gasteiger partial charge is 0.257 e. The number of nitrogens with zero attached hydrogens (tertiary/aromatic N) is 3. The fraction of sp³-hybridized carbons (Fsp3) is 0.312. The Kier molecular flexibility index (Phi) is 3.52. The number of halogens is 1. The van der Waals surface area contributed by atoms with Crippen LogP contribution in [0.2, 0.25) is 0 Å². The SMILES string of the molecule is Cc1ccc(C(=O)N2CCc3c(ncn(C)c3=O)C2)c(F)c1. The van der Waals surface area contributed by atoms with E-state index in [1.807, 2.05) is 0 Å². The number of hydrogen-bond donors (Lipinski definition) is 0. The Hall–Kier alpha value is -2.50. The second kappa shape index (κ2) is 5.36. The van der Waals surface area contributed by atoms with Gasteiger partial charge in [0.05, 0.1) is 24.1 Å². The summed E-state index contributed by atoms with van der Waals surface area (Å²) in [5, 5.41) is 0. The molecule has 0 bridgehead atoms. The Balaban J connectivity index is 1.90. The number of benzene rings is 1. The summed E-state index contributed by atoms with van der Waals surface area (Å²) in [6.07, 6.45) is 1.89. The lowest BCUT2D eigenvalue weighted by Gasteiger charge is -2.28. The molecule has 0 radical (unpaired) electrons. The summed E-state index contributed by atoms with van der Waals surface area (Å²) in [6, 6.07) is 4.56. The lowest BCUT2D eigenvalue weighted by atomic mass is 10.0. The van der Waals surface area contributed by atoms with E-state index in [0.29, 0.717) is 24.2 Å². The van der Waals surface area contributed by atoms with Crippen LogP contribution in [0.25, 0.3) is 0 Å². The van der Waals surface area contributed by atoms with Gasteiger partial charge in [-0.3, -0.25) is 9.59 Å². The van der Waals surface area contributed by atoms with Crippen molar-refractivity contribution in [2.75, 3.05) is 6.54 Å². The Morgan fingerprint density at radius 1 is 1.36 bits per heavy atom. The van der Waals surface area contributed by atoms with E-state index in [-0.39, 0.29) is 23.6 Å². The molecular formula is C16H16FN3O2. The third kappa shape index (κ3) is 2.41. The minimum Gasteiger partial charge on any atom is -0.332 e. The quantitative estimate of drug-likeness (QED) is 0.800.